The molecule has 0 amide bonds. The molecule has 0 aliphatic rings. The van der Waals surface area contributed by atoms with E-state index in [1.165, 1.54) is 18.2 Å². The highest BCUT2D eigenvalue weighted by molar-refractivity contribution is 6.30. The van der Waals surface area contributed by atoms with E-state index >= 15 is 0 Å². The molecule has 0 unspecified atom stereocenters. The average molecular weight is 406 g/mol. The summed E-state index contributed by atoms with van der Waals surface area (Å²) in [5.74, 6) is -1.06. The first-order valence-electron chi connectivity index (χ1n) is 8.62. The normalized spacial score (nSPS) is 11.1. The van der Waals surface area contributed by atoms with Gasteiger partial charge in [0, 0.05) is 17.3 Å². The highest BCUT2D eigenvalue weighted by Crippen LogP contribution is 2.16. The number of hydrogen-bond acceptors (Lipinski definition) is 4. The van der Waals surface area contributed by atoms with Crippen molar-refractivity contribution in [3.05, 3.63) is 101 Å². The van der Waals surface area contributed by atoms with E-state index < -0.39 is 11.9 Å². The van der Waals surface area contributed by atoms with Gasteiger partial charge in [-0.3, -0.25) is 4.99 Å². The number of ether oxygens (including phenoxy) is 1. The molecule has 0 saturated carbocycles. The van der Waals surface area contributed by atoms with Gasteiger partial charge in [-0.15, -0.1) is 0 Å². The fourth-order valence-electron chi connectivity index (χ4n) is 2.39. The first kappa shape index (κ1) is 20.0. The molecule has 1 N–H and O–H groups in total. The Morgan fingerprint density at radius 1 is 0.931 bits per heavy atom. The Labute approximate surface area is 172 Å². The number of carbonyl (C=O) groups is 2. The van der Waals surface area contributed by atoms with Gasteiger partial charge >= 0.3 is 11.9 Å². The van der Waals surface area contributed by atoms with Gasteiger partial charge in [0.05, 0.1) is 11.3 Å². The monoisotopic (exact) mass is 405 g/mol. The Bertz CT molecular complexity index is 1070. The Hall–Kier alpha value is -3.70. The molecule has 0 saturated heterocycles. The molecule has 29 heavy (non-hydrogen) atoms. The van der Waals surface area contributed by atoms with Crippen LogP contribution < -0.4 is 4.74 Å². The van der Waals surface area contributed by atoms with E-state index in [1.807, 2.05) is 6.07 Å². The van der Waals surface area contributed by atoms with E-state index in [1.54, 1.807) is 66.9 Å². The molecule has 5 nitrogen and oxygen atoms in total. The third kappa shape index (κ3) is 6.16. The lowest BCUT2D eigenvalue weighted by Gasteiger charge is -2.02. The molecule has 3 rings (SSSR count). The van der Waals surface area contributed by atoms with Crippen molar-refractivity contribution in [3.8, 4) is 5.75 Å². The average Bonchev–Trinajstić information content (AvgIpc) is 2.72. The van der Waals surface area contributed by atoms with Crippen LogP contribution >= 0.6 is 11.6 Å². The maximum atomic E-state index is 11.9. The molecule has 0 fully saturated rings. The molecule has 0 atom stereocenters. The standard InChI is InChI=1S/C23H16ClNO4/c24-19-3-1-2-16(14-19)6-13-22(26)29-21-11-4-17(5-12-21)15-25-20-9-7-18(8-10-20)23(27)28/h1-15H,(H,27,28)/b13-6+,25-15?. The van der Waals surface area contributed by atoms with Gasteiger partial charge in [-0.05, 0) is 77.9 Å². The first-order chi connectivity index (χ1) is 14.0. The molecule has 144 valence electrons. The number of carbonyl (C=O) groups excluding carboxylic acids is 1. The number of nitrogens with zero attached hydrogens (tertiary/aromatic N) is 1. The van der Waals surface area contributed by atoms with Gasteiger partial charge in [0.25, 0.3) is 0 Å². The Balaban J connectivity index is 1.58. The molecule has 0 spiro atoms. The Morgan fingerprint density at radius 2 is 1.66 bits per heavy atom. The molecule has 3 aromatic carbocycles. The number of aromatic carboxylic acids is 1. The molecule has 0 radical (unpaired) electrons. The number of aliphatic imine (C=N–C) groups is 1. The van der Waals surface area contributed by atoms with E-state index in [0.29, 0.717) is 16.5 Å². The predicted molar refractivity (Wildman–Crippen MR) is 113 cm³/mol. The van der Waals surface area contributed by atoms with Gasteiger partial charge in [0.15, 0.2) is 0 Å². The lowest BCUT2D eigenvalue weighted by Crippen LogP contribution is -2.03. The number of benzene rings is 3. The molecule has 0 aliphatic carbocycles. The SMILES string of the molecule is O=C(/C=C/c1cccc(Cl)c1)Oc1ccc(C=Nc2ccc(C(=O)O)cc2)cc1. The van der Waals surface area contributed by atoms with Crippen molar-refractivity contribution >= 4 is 41.5 Å². The molecule has 6 heteroatoms. The van der Waals surface area contributed by atoms with E-state index in [2.05, 4.69) is 4.99 Å². The molecule has 0 bridgehead atoms. The second kappa shape index (κ2) is 9.48. The highest BCUT2D eigenvalue weighted by atomic mass is 35.5. The second-order valence-corrected chi connectivity index (χ2v) is 6.43. The van der Waals surface area contributed by atoms with E-state index in [-0.39, 0.29) is 5.56 Å². The van der Waals surface area contributed by atoms with Crippen molar-refractivity contribution in [2.24, 2.45) is 4.99 Å². The van der Waals surface area contributed by atoms with Gasteiger partial charge in [-0.2, -0.15) is 0 Å². The van der Waals surface area contributed by atoms with Crippen LogP contribution in [0.15, 0.2) is 83.9 Å². The Morgan fingerprint density at radius 3 is 2.31 bits per heavy atom. The summed E-state index contributed by atoms with van der Waals surface area (Å²) in [7, 11) is 0. The van der Waals surface area contributed by atoms with Gasteiger partial charge in [0.1, 0.15) is 5.75 Å². The number of carboxylic acid groups (broad SMARTS) is 1. The summed E-state index contributed by atoms with van der Waals surface area (Å²) < 4.78 is 5.26. The predicted octanol–water partition coefficient (Wildman–Crippen LogP) is 5.41. The topological polar surface area (TPSA) is 76.0 Å². The van der Waals surface area contributed by atoms with Crippen LogP contribution in [0.2, 0.25) is 5.02 Å². The first-order valence-corrected chi connectivity index (χ1v) is 9.00. The smallest absolute Gasteiger partial charge is 0.336 e. The fourth-order valence-corrected chi connectivity index (χ4v) is 2.58. The number of halogens is 1. The lowest BCUT2D eigenvalue weighted by atomic mass is 10.2. The van der Waals surface area contributed by atoms with Crippen LogP contribution in [0.3, 0.4) is 0 Å². The van der Waals surface area contributed by atoms with Crippen molar-refractivity contribution < 1.29 is 19.4 Å². The van der Waals surface area contributed by atoms with Crippen LogP contribution in [0.5, 0.6) is 5.75 Å². The second-order valence-electron chi connectivity index (χ2n) is 5.99. The van der Waals surface area contributed by atoms with Crippen molar-refractivity contribution in [3.63, 3.8) is 0 Å². The summed E-state index contributed by atoms with van der Waals surface area (Å²) >= 11 is 5.90. The number of carboxylic acids is 1. The zero-order valence-electron chi connectivity index (χ0n) is 15.2. The van der Waals surface area contributed by atoms with E-state index in [4.69, 9.17) is 21.4 Å². The molecule has 0 aliphatic heterocycles. The summed E-state index contributed by atoms with van der Waals surface area (Å²) in [5.41, 5.74) is 2.45. The van der Waals surface area contributed by atoms with Crippen molar-refractivity contribution in [1.82, 2.24) is 0 Å². The molecular formula is C23H16ClNO4. The van der Waals surface area contributed by atoms with Gasteiger partial charge in [-0.25, -0.2) is 9.59 Å². The largest absolute Gasteiger partial charge is 0.478 e. The third-order valence-corrected chi connectivity index (χ3v) is 4.07. The van der Waals surface area contributed by atoms with Crippen LogP contribution in [0, 0.1) is 0 Å². The number of rotatable bonds is 6. The molecule has 0 heterocycles. The Kier molecular flexibility index (Phi) is 6.55. The quantitative estimate of drug-likeness (QED) is 0.257. The fraction of sp³-hybridized carbons (Fsp3) is 0. The third-order valence-electron chi connectivity index (χ3n) is 3.84. The van der Waals surface area contributed by atoms with Crippen LogP contribution in [0.1, 0.15) is 21.5 Å². The van der Waals surface area contributed by atoms with Crippen LogP contribution in [0.25, 0.3) is 6.08 Å². The maximum Gasteiger partial charge on any atom is 0.336 e. The molecule has 0 aromatic heterocycles. The zero-order chi connectivity index (χ0) is 20.6. The summed E-state index contributed by atoms with van der Waals surface area (Å²) in [5, 5.41) is 9.48. The summed E-state index contributed by atoms with van der Waals surface area (Å²) in [4.78, 5) is 27.1. The van der Waals surface area contributed by atoms with Gasteiger partial charge < -0.3 is 9.84 Å². The van der Waals surface area contributed by atoms with Crippen molar-refractivity contribution in [1.29, 1.82) is 0 Å². The van der Waals surface area contributed by atoms with E-state index in [9.17, 15) is 9.59 Å². The van der Waals surface area contributed by atoms with Crippen molar-refractivity contribution in [2.75, 3.05) is 0 Å². The highest BCUT2D eigenvalue weighted by Gasteiger charge is 2.02. The summed E-state index contributed by atoms with van der Waals surface area (Å²) in [6, 6.07) is 20.2. The lowest BCUT2D eigenvalue weighted by molar-refractivity contribution is -0.128. The maximum absolute atomic E-state index is 11.9. The zero-order valence-corrected chi connectivity index (χ0v) is 15.9. The van der Waals surface area contributed by atoms with Crippen molar-refractivity contribution in [2.45, 2.75) is 0 Å². The number of esters is 1. The molecular weight excluding hydrogens is 390 g/mol. The number of hydrogen-bond donors (Lipinski definition) is 1. The van der Waals surface area contributed by atoms with Crippen LogP contribution in [-0.2, 0) is 4.79 Å². The minimum atomic E-state index is -0.979. The minimum absolute atomic E-state index is 0.208. The minimum Gasteiger partial charge on any atom is -0.478 e. The summed E-state index contributed by atoms with van der Waals surface area (Å²) in [6.07, 6.45) is 4.60. The van der Waals surface area contributed by atoms with Crippen LogP contribution in [0.4, 0.5) is 5.69 Å². The van der Waals surface area contributed by atoms with Gasteiger partial charge in [0.2, 0.25) is 0 Å². The van der Waals surface area contributed by atoms with Crippen LogP contribution in [-0.4, -0.2) is 23.3 Å². The molecule has 3 aromatic rings. The summed E-state index contributed by atoms with van der Waals surface area (Å²) in [6.45, 7) is 0. The van der Waals surface area contributed by atoms with E-state index in [0.717, 1.165) is 11.1 Å². The van der Waals surface area contributed by atoms with Gasteiger partial charge in [-0.1, -0.05) is 23.7 Å².